The van der Waals surface area contributed by atoms with Gasteiger partial charge in [0.15, 0.2) is 0 Å². The van der Waals surface area contributed by atoms with Gasteiger partial charge < -0.3 is 15.5 Å². The van der Waals surface area contributed by atoms with E-state index in [0.29, 0.717) is 13.0 Å². The Morgan fingerprint density at radius 2 is 2.00 bits per heavy atom. The largest absolute Gasteiger partial charge is 0.396 e. The molecular formula is C13H18FNO2. The molecule has 0 aromatic heterocycles. The summed E-state index contributed by atoms with van der Waals surface area (Å²) >= 11 is 0. The molecule has 1 aliphatic heterocycles. The third-order valence-corrected chi connectivity index (χ3v) is 3.43. The van der Waals surface area contributed by atoms with Gasteiger partial charge in [-0.1, -0.05) is 12.1 Å². The van der Waals surface area contributed by atoms with Crippen molar-refractivity contribution < 1.29 is 14.6 Å². The highest BCUT2D eigenvalue weighted by atomic mass is 19.1. The first-order valence-corrected chi connectivity index (χ1v) is 5.96. The minimum Gasteiger partial charge on any atom is -0.396 e. The van der Waals surface area contributed by atoms with Gasteiger partial charge in [-0.3, -0.25) is 0 Å². The van der Waals surface area contributed by atoms with Gasteiger partial charge in [-0.2, -0.15) is 0 Å². The van der Waals surface area contributed by atoms with Gasteiger partial charge in [-0.05, 0) is 36.6 Å². The van der Waals surface area contributed by atoms with E-state index < -0.39 is 0 Å². The van der Waals surface area contributed by atoms with Crippen molar-refractivity contribution in [3.8, 4) is 0 Å². The molecule has 94 valence electrons. The molecule has 17 heavy (non-hydrogen) atoms. The maximum Gasteiger partial charge on any atom is 0.123 e. The van der Waals surface area contributed by atoms with Gasteiger partial charge in [0.05, 0.1) is 12.7 Å². The number of halogens is 1. The number of aliphatic hydroxyl groups is 2. The molecule has 0 aliphatic carbocycles. The highest BCUT2D eigenvalue weighted by molar-refractivity contribution is 5.21. The van der Waals surface area contributed by atoms with Crippen molar-refractivity contribution in [3.63, 3.8) is 0 Å². The highest BCUT2D eigenvalue weighted by Gasteiger charge is 2.28. The van der Waals surface area contributed by atoms with Crippen LogP contribution in [-0.4, -0.2) is 36.0 Å². The average Bonchev–Trinajstić information content (AvgIpc) is 2.33. The van der Waals surface area contributed by atoms with Crippen LogP contribution in [0.25, 0.3) is 0 Å². The van der Waals surface area contributed by atoms with E-state index in [1.54, 1.807) is 12.1 Å². The van der Waals surface area contributed by atoms with Crippen LogP contribution in [0.1, 0.15) is 17.9 Å². The van der Waals surface area contributed by atoms with Gasteiger partial charge in [0.2, 0.25) is 0 Å². The fraction of sp³-hybridized carbons (Fsp3) is 0.538. The van der Waals surface area contributed by atoms with Crippen molar-refractivity contribution in [2.75, 3.05) is 19.7 Å². The van der Waals surface area contributed by atoms with E-state index in [0.717, 1.165) is 12.1 Å². The third kappa shape index (κ3) is 3.03. The van der Waals surface area contributed by atoms with Crippen LogP contribution >= 0.6 is 0 Å². The molecular weight excluding hydrogens is 221 g/mol. The molecule has 1 aromatic rings. The molecule has 0 saturated carbocycles. The number of β-amino-alcohol motifs (C(OH)–C–C–N with tert-alkyl or cyclic N) is 1. The Morgan fingerprint density at radius 1 is 1.29 bits per heavy atom. The lowest BCUT2D eigenvalue weighted by atomic mass is 9.81. The summed E-state index contributed by atoms with van der Waals surface area (Å²) in [6, 6.07) is 6.23. The van der Waals surface area contributed by atoms with Gasteiger partial charge in [-0.25, -0.2) is 4.39 Å². The van der Waals surface area contributed by atoms with E-state index in [1.165, 1.54) is 12.1 Å². The molecule has 1 fully saturated rings. The summed E-state index contributed by atoms with van der Waals surface area (Å²) in [7, 11) is 0. The first-order chi connectivity index (χ1) is 8.20. The Hall–Kier alpha value is -0.970. The first kappa shape index (κ1) is 12.5. The molecule has 1 aliphatic rings. The van der Waals surface area contributed by atoms with Crippen molar-refractivity contribution >= 4 is 0 Å². The Balaban J connectivity index is 2.12. The first-order valence-electron chi connectivity index (χ1n) is 5.96. The molecule has 3 atom stereocenters. The molecule has 0 spiro atoms. The maximum atomic E-state index is 12.8. The number of rotatable bonds is 3. The minimum atomic E-state index is -0.358. The maximum absolute atomic E-state index is 12.8. The molecule has 1 saturated heterocycles. The predicted octanol–water partition coefficient (Wildman–Crippen LogP) is 0.872. The van der Waals surface area contributed by atoms with Gasteiger partial charge in [0.25, 0.3) is 0 Å². The van der Waals surface area contributed by atoms with Crippen LogP contribution in [0.3, 0.4) is 0 Å². The summed E-state index contributed by atoms with van der Waals surface area (Å²) in [4.78, 5) is 0. The van der Waals surface area contributed by atoms with E-state index >= 15 is 0 Å². The molecule has 1 heterocycles. The zero-order chi connectivity index (χ0) is 12.3. The summed E-state index contributed by atoms with van der Waals surface area (Å²) < 4.78 is 12.8. The number of benzene rings is 1. The van der Waals surface area contributed by atoms with Crippen molar-refractivity contribution in [2.24, 2.45) is 5.92 Å². The number of piperidine rings is 1. The van der Waals surface area contributed by atoms with Crippen LogP contribution in [0.4, 0.5) is 4.39 Å². The topological polar surface area (TPSA) is 52.5 Å². The van der Waals surface area contributed by atoms with Crippen LogP contribution in [0, 0.1) is 11.7 Å². The summed E-state index contributed by atoms with van der Waals surface area (Å²) in [5, 5.41) is 22.2. The van der Waals surface area contributed by atoms with Crippen molar-refractivity contribution in [2.45, 2.75) is 18.4 Å². The van der Waals surface area contributed by atoms with E-state index in [4.69, 9.17) is 0 Å². The van der Waals surface area contributed by atoms with Crippen LogP contribution in [0.2, 0.25) is 0 Å². The van der Waals surface area contributed by atoms with Crippen molar-refractivity contribution in [3.05, 3.63) is 35.6 Å². The van der Waals surface area contributed by atoms with E-state index in [1.807, 2.05) is 0 Å². The standard InChI is InChI=1S/C13H18FNO2/c14-11-3-1-9(2-4-11)13(8-16)10-5-12(17)7-15-6-10/h1-4,10,12-13,15-17H,5-8H2. The Bertz CT molecular complexity index is 355. The molecule has 0 amide bonds. The van der Waals surface area contributed by atoms with Gasteiger partial charge in [0, 0.05) is 12.5 Å². The number of hydrogen-bond donors (Lipinski definition) is 3. The number of aliphatic hydroxyl groups excluding tert-OH is 2. The zero-order valence-electron chi connectivity index (χ0n) is 9.64. The molecule has 4 heteroatoms. The quantitative estimate of drug-likeness (QED) is 0.733. The van der Waals surface area contributed by atoms with Gasteiger partial charge >= 0.3 is 0 Å². The average molecular weight is 239 g/mol. The predicted molar refractivity (Wildman–Crippen MR) is 63.2 cm³/mol. The highest BCUT2D eigenvalue weighted by Crippen LogP contribution is 2.29. The lowest BCUT2D eigenvalue weighted by molar-refractivity contribution is 0.0930. The summed E-state index contributed by atoms with van der Waals surface area (Å²) in [5.74, 6) is -0.125. The molecule has 1 aromatic carbocycles. The second kappa shape index (κ2) is 5.58. The Morgan fingerprint density at radius 3 is 2.59 bits per heavy atom. The normalized spacial score (nSPS) is 26.8. The van der Waals surface area contributed by atoms with Crippen LogP contribution in [0.15, 0.2) is 24.3 Å². The van der Waals surface area contributed by atoms with E-state index in [9.17, 15) is 14.6 Å². The van der Waals surface area contributed by atoms with E-state index in [2.05, 4.69) is 5.32 Å². The van der Waals surface area contributed by atoms with Gasteiger partial charge in [0.1, 0.15) is 5.82 Å². The summed E-state index contributed by atoms with van der Waals surface area (Å²) in [6.45, 7) is 1.41. The van der Waals surface area contributed by atoms with Crippen LogP contribution in [0.5, 0.6) is 0 Å². The second-order valence-electron chi connectivity index (χ2n) is 4.65. The van der Waals surface area contributed by atoms with Crippen LogP contribution < -0.4 is 5.32 Å². The summed E-state index contributed by atoms with van der Waals surface area (Å²) in [6.07, 6.45) is 0.318. The molecule has 2 rings (SSSR count). The molecule has 3 N–H and O–H groups in total. The number of hydrogen-bond acceptors (Lipinski definition) is 3. The van der Waals surface area contributed by atoms with E-state index in [-0.39, 0.29) is 30.4 Å². The fourth-order valence-corrected chi connectivity index (χ4v) is 2.49. The Labute approximate surface area is 100 Å². The minimum absolute atomic E-state index is 0.0186. The molecule has 3 unspecified atom stereocenters. The summed E-state index contributed by atoms with van der Waals surface area (Å²) in [5.41, 5.74) is 0.926. The molecule has 3 nitrogen and oxygen atoms in total. The van der Waals surface area contributed by atoms with Gasteiger partial charge in [-0.15, -0.1) is 0 Å². The second-order valence-corrected chi connectivity index (χ2v) is 4.65. The SMILES string of the molecule is OCC(c1ccc(F)cc1)C1CNCC(O)C1. The van der Waals surface area contributed by atoms with Crippen molar-refractivity contribution in [1.82, 2.24) is 5.32 Å². The number of nitrogens with one attached hydrogen (secondary N) is 1. The lowest BCUT2D eigenvalue weighted by Gasteiger charge is -2.32. The van der Waals surface area contributed by atoms with Crippen molar-refractivity contribution in [1.29, 1.82) is 0 Å². The Kier molecular flexibility index (Phi) is 4.10. The monoisotopic (exact) mass is 239 g/mol. The third-order valence-electron chi connectivity index (χ3n) is 3.43. The smallest absolute Gasteiger partial charge is 0.123 e. The zero-order valence-corrected chi connectivity index (χ0v) is 9.64. The fourth-order valence-electron chi connectivity index (χ4n) is 2.49. The lowest BCUT2D eigenvalue weighted by Crippen LogP contribution is -2.42. The van der Waals surface area contributed by atoms with Crippen LogP contribution in [-0.2, 0) is 0 Å². The molecule has 0 bridgehead atoms. The molecule has 0 radical (unpaired) electrons.